The quantitative estimate of drug-likeness (QED) is 0.748. The zero-order valence-corrected chi connectivity index (χ0v) is 12.3. The fraction of sp³-hybridized carbons (Fsp3) is 0.438. The van der Waals surface area contributed by atoms with Gasteiger partial charge in [-0.15, -0.1) is 6.58 Å². The van der Waals surface area contributed by atoms with Gasteiger partial charge in [-0.2, -0.15) is 0 Å². The highest BCUT2D eigenvalue weighted by Crippen LogP contribution is 2.28. The van der Waals surface area contributed by atoms with Gasteiger partial charge < -0.3 is 19.1 Å². The second-order valence-corrected chi connectivity index (χ2v) is 4.76. The van der Waals surface area contributed by atoms with Crippen molar-refractivity contribution in [2.24, 2.45) is 0 Å². The molecule has 2 rings (SSSR count). The van der Waals surface area contributed by atoms with Gasteiger partial charge in [0, 0.05) is 13.1 Å². The average Bonchev–Trinajstić information content (AvgIpc) is 2.54. The molecule has 1 fully saturated rings. The molecule has 0 N–H and O–H groups in total. The van der Waals surface area contributed by atoms with Crippen LogP contribution in [0.2, 0.25) is 0 Å². The molecule has 1 aliphatic heterocycles. The zero-order valence-electron chi connectivity index (χ0n) is 12.3. The van der Waals surface area contributed by atoms with Crippen LogP contribution >= 0.6 is 0 Å². The van der Waals surface area contributed by atoms with Crippen LogP contribution in [0.4, 0.5) is 0 Å². The van der Waals surface area contributed by atoms with Gasteiger partial charge >= 0.3 is 0 Å². The molecule has 0 bridgehead atoms. The van der Waals surface area contributed by atoms with Crippen LogP contribution in [0.1, 0.15) is 5.56 Å². The van der Waals surface area contributed by atoms with Crippen molar-refractivity contribution in [2.45, 2.75) is 6.42 Å². The standard InChI is InChI=1S/C16H21NO4/c1-3-4-13-5-6-14(15(11-13)19-2)21-12-16(18)17-7-9-20-10-8-17/h3,5-6,11H,1,4,7-10,12H2,2H3. The predicted molar refractivity (Wildman–Crippen MR) is 79.8 cm³/mol. The highest BCUT2D eigenvalue weighted by atomic mass is 16.5. The number of nitrogens with zero attached hydrogens (tertiary/aromatic N) is 1. The number of hydrogen-bond acceptors (Lipinski definition) is 4. The fourth-order valence-electron chi connectivity index (χ4n) is 2.17. The summed E-state index contributed by atoms with van der Waals surface area (Å²) < 4.78 is 16.1. The summed E-state index contributed by atoms with van der Waals surface area (Å²) >= 11 is 0. The van der Waals surface area contributed by atoms with Gasteiger partial charge in [-0.1, -0.05) is 12.1 Å². The second kappa shape index (κ2) is 7.69. The molecule has 114 valence electrons. The van der Waals surface area contributed by atoms with E-state index in [1.807, 2.05) is 24.3 Å². The summed E-state index contributed by atoms with van der Waals surface area (Å²) in [6, 6.07) is 5.67. The van der Waals surface area contributed by atoms with Crippen LogP contribution in [0, 0.1) is 0 Å². The van der Waals surface area contributed by atoms with Crippen LogP contribution in [0.3, 0.4) is 0 Å². The van der Waals surface area contributed by atoms with E-state index in [1.54, 1.807) is 12.0 Å². The molecule has 21 heavy (non-hydrogen) atoms. The van der Waals surface area contributed by atoms with Gasteiger partial charge in [-0.3, -0.25) is 4.79 Å². The Bertz CT molecular complexity index is 495. The summed E-state index contributed by atoms with van der Waals surface area (Å²) in [4.78, 5) is 13.8. The number of benzene rings is 1. The van der Waals surface area contributed by atoms with Crippen molar-refractivity contribution in [3.63, 3.8) is 0 Å². The third-order valence-electron chi connectivity index (χ3n) is 3.32. The number of carbonyl (C=O) groups excluding carboxylic acids is 1. The van der Waals surface area contributed by atoms with E-state index >= 15 is 0 Å². The Labute approximate surface area is 125 Å². The van der Waals surface area contributed by atoms with Gasteiger partial charge in [0.2, 0.25) is 0 Å². The van der Waals surface area contributed by atoms with E-state index in [-0.39, 0.29) is 12.5 Å². The van der Waals surface area contributed by atoms with Crippen LogP contribution in [0.5, 0.6) is 11.5 Å². The van der Waals surface area contributed by atoms with Crippen molar-refractivity contribution >= 4 is 5.91 Å². The number of rotatable bonds is 6. The Morgan fingerprint density at radius 3 is 2.81 bits per heavy atom. The van der Waals surface area contributed by atoms with Gasteiger partial charge in [0.15, 0.2) is 18.1 Å². The van der Waals surface area contributed by atoms with Crippen molar-refractivity contribution in [3.8, 4) is 11.5 Å². The first kappa shape index (κ1) is 15.4. The van der Waals surface area contributed by atoms with Crippen LogP contribution in [0.25, 0.3) is 0 Å². The van der Waals surface area contributed by atoms with Gasteiger partial charge in [-0.25, -0.2) is 0 Å². The Kier molecular flexibility index (Phi) is 5.63. The summed E-state index contributed by atoms with van der Waals surface area (Å²) in [5.41, 5.74) is 1.09. The maximum Gasteiger partial charge on any atom is 0.260 e. The summed E-state index contributed by atoms with van der Waals surface area (Å²) in [6.45, 7) is 6.15. The average molecular weight is 291 g/mol. The van der Waals surface area contributed by atoms with Gasteiger partial charge in [0.1, 0.15) is 0 Å². The van der Waals surface area contributed by atoms with E-state index in [0.717, 1.165) is 12.0 Å². The molecule has 0 saturated carbocycles. The molecule has 0 radical (unpaired) electrons. The molecule has 1 amide bonds. The van der Waals surface area contributed by atoms with Crippen LogP contribution in [0.15, 0.2) is 30.9 Å². The van der Waals surface area contributed by atoms with E-state index < -0.39 is 0 Å². The normalized spacial score (nSPS) is 14.6. The largest absolute Gasteiger partial charge is 0.493 e. The molecule has 1 aromatic rings. The number of allylic oxidation sites excluding steroid dienone is 1. The fourth-order valence-corrected chi connectivity index (χ4v) is 2.17. The maximum absolute atomic E-state index is 12.0. The molecule has 1 saturated heterocycles. The van der Waals surface area contributed by atoms with E-state index in [1.165, 1.54) is 0 Å². The third kappa shape index (κ3) is 4.23. The zero-order chi connectivity index (χ0) is 15.1. The lowest BCUT2D eigenvalue weighted by molar-refractivity contribution is -0.137. The molecule has 5 nitrogen and oxygen atoms in total. The Balaban J connectivity index is 1.95. The maximum atomic E-state index is 12.0. The van der Waals surface area contributed by atoms with E-state index in [0.29, 0.717) is 37.8 Å². The number of hydrogen-bond donors (Lipinski definition) is 0. The first-order valence-corrected chi connectivity index (χ1v) is 7.00. The molecule has 5 heteroatoms. The summed E-state index contributed by atoms with van der Waals surface area (Å²) in [6.07, 6.45) is 2.60. The van der Waals surface area contributed by atoms with Crippen molar-refractivity contribution in [1.82, 2.24) is 4.90 Å². The van der Waals surface area contributed by atoms with E-state index in [9.17, 15) is 4.79 Å². The molecular weight excluding hydrogens is 270 g/mol. The highest BCUT2D eigenvalue weighted by molar-refractivity contribution is 5.78. The van der Waals surface area contributed by atoms with E-state index in [2.05, 4.69) is 6.58 Å². The number of ether oxygens (including phenoxy) is 3. The van der Waals surface area contributed by atoms with Crippen molar-refractivity contribution < 1.29 is 19.0 Å². The Morgan fingerprint density at radius 2 is 2.14 bits per heavy atom. The minimum Gasteiger partial charge on any atom is -0.493 e. The van der Waals surface area contributed by atoms with Crippen molar-refractivity contribution in [3.05, 3.63) is 36.4 Å². The lowest BCUT2D eigenvalue weighted by atomic mass is 10.1. The molecule has 0 unspecified atom stereocenters. The van der Waals surface area contributed by atoms with Gasteiger partial charge in [0.25, 0.3) is 5.91 Å². The minimum absolute atomic E-state index is 0.0111. The molecule has 0 spiro atoms. The lowest BCUT2D eigenvalue weighted by Gasteiger charge is -2.26. The van der Waals surface area contributed by atoms with Gasteiger partial charge in [-0.05, 0) is 24.1 Å². The summed E-state index contributed by atoms with van der Waals surface area (Å²) in [5.74, 6) is 1.17. The third-order valence-corrected chi connectivity index (χ3v) is 3.32. The number of amides is 1. The monoisotopic (exact) mass is 291 g/mol. The summed E-state index contributed by atoms with van der Waals surface area (Å²) in [5, 5.41) is 0. The van der Waals surface area contributed by atoms with Crippen molar-refractivity contribution in [1.29, 1.82) is 0 Å². The summed E-state index contributed by atoms with van der Waals surface area (Å²) in [7, 11) is 1.59. The smallest absolute Gasteiger partial charge is 0.260 e. The molecule has 0 aromatic heterocycles. The number of carbonyl (C=O) groups is 1. The van der Waals surface area contributed by atoms with Crippen LogP contribution in [-0.4, -0.2) is 50.8 Å². The second-order valence-electron chi connectivity index (χ2n) is 4.76. The molecule has 1 aromatic carbocycles. The highest BCUT2D eigenvalue weighted by Gasteiger charge is 2.17. The molecule has 1 heterocycles. The number of morpholine rings is 1. The Morgan fingerprint density at radius 1 is 1.38 bits per heavy atom. The first-order chi connectivity index (χ1) is 10.2. The minimum atomic E-state index is -0.0319. The lowest BCUT2D eigenvalue weighted by Crippen LogP contribution is -2.43. The predicted octanol–water partition coefficient (Wildman–Crippen LogP) is 1.66. The van der Waals surface area contributed by atoms with Gasteiger partial charge in [0.05, 0.1) is 20.3 Å². The topological polar surface area (TPSA) is 48.0 Å². The number of methoxy groups -OCH3 is 1. The van der Waals surface area contributed by atoms with Crippen molar-refractivity contribution in [2.75, 3.05) is 40.0 Å². The molecule has 1 aliphatic rings. The van der Waals surface area contributed by atoms with Crippen LogP contribution < -0.4 is 9.47 Å². The first-order valence-electron chi connectivity index (χ1n) is 7.00. The molecular formula is C16H21NO4. The van der Waals surface area contributed by atoms with Crippen LogP contribution in [-0.2, 0) is 16.0 Å². The Hall–Kier alpha value is -2.01. The SMILES string of the molecule is C=CCc1ccc(OCC(=O)N2CCOCC2)c(OC)c1. The molecule has 0 aliphatic carbocycles. The van der Waals surface area contributed by atoms with E-state index in [4.69, 9.17) is 14.2 Å². The molecule has 0 atom stereocenters.